The van der Waals surface area contributed by atoms with E-state index in [1.165, 1.54) is 24.3 Å². The molecule has 27 heavy (non-hydrogen) atoms. The Bertz CT molecular complexity index is 1050. The first kappa shape index (κ1) is 21.1. The van der Waals surface area contributed by atoms with Gasteiger partial charge in [0.25, 0.3) is 0 Å². The molecule has 2 rings (SSSR count). The molecule has 0 fully saturated rings. The summed E-state index contributed by atoms with van der Waals surface area (Å²) in [4.78, 5) is 11.1. The molecule has 2 aromatic carbocycles. The second-order valence-corrected chi connectivity index (χ2v) is 9.89. The molecule has 146 valence electrons. The van der Waals surface area contributed by atoms with Crippen LogP contribution in [0.2, 0.25) is 0 Å². The van der Waals surface area contributed by atoms with Crippen molar-refractivity contribution in [2.75, 3.05) is 19.9 Å². The first-order valence-electron chi connectivity index (χ1n) is 7.98. The van der Waals surface area contributed by atoms with Gasteiger partial charge in [-0.25, -0.2) is 16.8 Å². The van der Waals surface area contributed by atoms with E-state index in [0.29, 0.717) is 5.56 Å². The summed E-state index contributed by atoms with van der Waals surface area (Å²) < 4.78 is 56.1. The van der Waals surface area contributed by atoms with Crippen LogP contribution in [-0.4, -0.2) is 47.0 Å². The van der Waals surface area contributed by atoms with Gasteiger partial charge in [-0.05, 0) is 30.2 Å². The Morgan fingerprint density at radius 3 is 2.07 bits per heavy atom. The normalized spacial score (nSPS) is 12.1. The van der Waals surface area contributed by atoms with Crippen LogP contribution in [0.25, 0.3) is 0 Å². The number of carbonyl (C=O) groups is 1. The van der Waals surface area contributed by atoms with Gasteiger partial charge in [0.1, 0.15) is 11.4 Å². The second-order valence-electron chi connectivity index (χ2n) is 5.99. The van der Waals surface area contributed by atoms with E-state index in [-0.39, 0.29) is 16.3 Å². The zero-order chi connectivity index (χ0) is 20.2. The molecule has 2 aromatic rings. The lowest BCUT2D eigenvalue weighted by molar-refractivity contribution is -0.140. The molecule has 7 nitrogen and oxygen atoms in total. The fraction of sp³-hybridized carbons (Fsp3) is 0.278. The van der Waals surface area contributed by atoms with E-state index in [1.807, 2.05) is 19.1 Å². The van der Waals surface area contributed by atoms with Gasteiger partial charge in [0.2, 0.25) is 10.0 Å². The number of hydrogen-bond donors (Lipinski definition) is 0. The molecule has 0 aliphatic heterocycles. The number of sulfonamides is 1. The van der Waals surface area contributed by atoms with Crippen LogP contribution in [0.4, 0.5) is 0 Å². The van der Waals surface area contributed by atoms with Crippen LogP contribution in [0.1, 0.15) is 11.1 Å². The highest BCUT2D eigenvalue weighted by Gasteiger charge is 2.31. The second kappa shape index (κ2) is 8.20. The number of aryl methyl sites for hydroxylation is 1. The first-order chi connectivity index (χ1) is 12.6. The van der Waals surface area contributed by atoms with Gasteiger partial charge in [-0.3, -0.25) is 4.79 Å². The molecule has 0 amide bonds. The van der Waals surface area contributed by atoms with E-state index in [2.05, 4.69) is 4.74 Å². The topological polar surface area (TPSA) is 97.8 Å². The van der Waals surface area contributed by atoms with Gasteiger partial charge in [-0.2, -0.15) is 4.31 Å². The number of methoxy groups -OCH3 is 1. The number of esters is 1. The molecule has 9 heteroatoms. The number of rotatable bonds is 7. The summed E-state index contributed by atoms with van der Waals surface area (Å²) >= 11 is 0. The molecular formula is C18H21NO6S2. The SMILES string of the molecule is COC(=O)CN(Cc1ccccc1C)S(=O)(=O)c1ccccc1S(C)(=O)=O. The number of benzene rings is 2. The lowest BCUT2D eigenvalue weighted by Gasteiger charge is -2.23. The smallest absolute Gasteiger partial charge is 0.321 e. The maximum Gasteiger partial charge on any atom is 0.321 e. The predicted molar refractivity (Wildman–Crippen MR) is 100 cm³/mol. The van der Waals surface area contributed by atoms with Crippen molar-refractivity contribution in [1.29, 1.82) is 0 Å². The van der Waals surface area contributed by atoms with Crippen LogP contribution >= 0.6 is 0 Å². The summed E-state index contributed by atoms with van der Waals surface area (Å²) in [6.45, 7) is 1.19. The molecular weight excluding hydrogens is 390 g/mol. The molecule has 0 saturated carbocycles. The molecule has 0 radical (unpaired) electrons. The van der Waals surface area contributed by atoms with Crippen LogP contribution in [0.3, 0.4) is 0 Å². The van der Waals surface area contributed by atoms with E-state index >= 15 is 0 Å². The maximum atomic E-state index is 13.2. The summed E-state index contributed by atoms with van der Waals surface area (Å²) in [6, 6.07) is 12.5. The van der Waals surface area contributed by atoms with Gasteiger partial charge in [-0.1, -0.05) is 36.4 Å². The van der Waals surface area contributed by atoms with E-state index in [1.54, 1.807) is 12.1 Å². The fourth-order valence-corrected chi connectivity index (χ4v) is 5.49. The van der Waals surface area contributed by atoms with Crippen molar-refractivity contribution in [3.63, 3.8) is 0 Å². The average Bonchev–Trinajstić information content (AvgIpc) is 2.62. The zero-order valence-electron chi connectivity index (χ0n) is 15.2. The van der Waals surface area contributed by atoms with Gasteiger partial charge >= 0.3 is 5.97 Å². The highest BCUT2D eigenvalue weighted by molar-refractivity contribution is 7.93. The third-order valence-corrected chi connectivity index (χ3v) is 7.14. The van der Waals surface area contributed by atoms with Gasteiger partial charge in [0.15, 0.2) is 9.84 Å². The lowest BCUT2D eigenvalue weighted by Crippen LogP contribution is -2.36. The molecule has 0 saturated heterocycles. The minimum absolute atomic E-state index is 0.0950. The van der Waals surface area contributed by atoms with Crippen LogP contribution < -0.4 is 0 Å². The minimum Gasteiger partial charge on any atom is -0.468 e. The van der Waals surface area contributed by atoms with E-state index in [9.17, 15) is 21.6 Å². The Morgan fingerprint density at radius 1 is 0.963 bits per heavy atom. The van der Waals surface area contributed by atoms with Gasteiger partial charge in [0, 0.05) is 12.8 Å². The molecule has 0 aromatic heterocycles. The summed E-state index contributed by atoms with van der Waals surface area (Å²) in [5.74, 6) is -0.746. The molecule has 0 unspecified atom stereocenters. The van der Waals surface area contributed by atoms with E-state index in [4.69, 9.17) is 0 Å². The minimum atomic E-state index is -4.28. The number of carbonyl (C=O) groups excluding carboxylic acids is 1. The molecule has 0 atom stereocenters. The Balaban J connectivity index is 2.58. The van der Waals surface area contributed by atoms with Gasteiger partial charge in [0.05, 0.1) is 12.0 Å². The average molecular weight is 412 g/mol. The van der Waals surface area contributed by atoms with Crippen molar-refractivity contribution in [2.45, 2.75) is 23.3 Å². The van der Waals surface area contributed by atoms with Crippen molar-refractivity contribution in [3.8, 4) is 0 Å². The predicted octanol–water partition coefficient (Wildman–Crippen LogP) is 1.76. The standard InChI is InChI=1S/C18H21NO6S2/c1-14-8-4-5-9-15(14)12-19(13-18(20)25-2)27(23,24)17-11-7-6-10-16(17)26(3,21)22/h4-11H,12-13H2,1-3H3. The summed E-state index contributed by atoms with van der Waals surface area (Å²) in [5, 5.41) is 0. The van der Waals surface area contributed by atoms with Crippen molar-refractivity contribution in [3.05, 3.63) is 59.7 Å². The third kappa shape index (κ3) is 4.94. The largest absolute Gasteiger partial charge is 0.468 e. The fourth-order valence-electron chi connectivity index (χ4n) is 2.52. The number of hydrogen-bond acceptors (Lipinski definition) is 6. The molecule has 0 N–H and O–H groups in total. The Kier molecular flexibility index (Phi) is 6.40. The summed E-state index contributed by atoms with van der Waals surface area (Å²) in [5.41, 5.74) is 1.54. The molecule has 0 aliphatic rings. The number of nitrogens with zero attached hydrogens (tertiary/aromatic N) is 1. The van der Waals surface area contributed by atoms with E-state index < -0.39 is 32.4 Å². The number of sulfone groups is 1. The highest BCUT2D eigenvalue weighted by atomic mass is 32.2. The van der Waals surface area contributed by atoms with Crippen LogP contribution in [0.15, 0.2) is 58.3 Å². The third-order valence-electron chi connectivity index (χ3n) is 4.01. The summed E-state index contributed by atoms with van der Waals surface area (Å²) in [7, 11) is -6.91. The molecule has 0 bridgehead atoms. The van der Waals surface area contributed by atoms with Crippen LogP contribution in [0, 0.1) is 6.92 Å². The first-order valence-corrected chi connectivity index (χ1v) is 11.3. The summed E-state index contributed by atoms with van der Waals surface area (Å²) in [6.07, 6.45) is 0.938. The van der Waals surface area contributed by atoms with Crippen molar-refractivity contribution >= 4 is 25.8 Å². The lowest BCUT2D eigenvalue weighted by atomic mass is 10.1. The zero-order valence-corrected chi connectivity index (χ0v) is 16.9. The monoisotopic (exact) mass is 411 g/mol. The van der Waals surface area contributed by atoms with Crippen molar-refractivity contribution < 1.29 is 26.4 Å². The Labute approximate surface area is 159 Å². The van der Waals surface area contributed by atoms with Crippen molar-refractivity contribution in [2.24, 2.45) is 0 Å². The number of ether oxygens (including phenoxy) is 1. The van der Waals surface area contributed by atoms with Crippen molar-refractivity contribution in [1.82, 2.24) is 4.31 Å². The quantitative estimate of drug-likeness (QED) is 0.644. The molecule has 0 heterocycles. The molecule has 0 aliphatic carbocycles. The Morgan fingerprint density at radius 2 is 1.52 bits per heavy atom. The molecule has 0 spiro atoms. The van der Waals surface area contributed by atoms with E-state index in [0.717, 1.165) is 23.2 Å². The van der Waals surface area contributed by atoms with Crippen LogP contribution in [0.5, 0.6) is 0 Å². The van der Waals surface area contributed by atoms with Gasteiger partial charge < -0.3 is 4.74 Å². The Hall–Kier alpha value is -2.23. The van der Waals surface area contributed by atoms with Gasteiger partial charge in [-0.15, -0.1) is 0 Å². The van der Waals surface area contributed by atoms with Crippen LogP contribution in [-0.2, 0) is 35.9 Å². The maximum absolute atomic E-state index is 13.2. The highest BCUT2D eigenvalue weighted by Crippen LogP contribution is 2.26.